The molecule has 0 spiro atoms. The van der Waals surface area contributed by atoms with Gasteiger partial charge in [-0.05, 0) is 58.4 Å². The third-order valence-corrected chi connectivity index (χ3v) is 7.77. The fourth-order valence-corrected chi connectivity index (χ4v) is 5.62. The Kier molecular flexibility index (Phi) is 10.5. The molecule has 5 atom stereocenters. The van der Waals surface area contributed by atoms with Crippen LogP contribution in [0.4, 0.5) is 0 Å². The van der Waals surface area contributed by atoms with Crippen molar-refractivity contribution >= 4 is 21.5 Å². The van der Waals surface area contributed by atoms with E-state index in [2.05, 4.69) is 91.5 Å². The van der Waals surface area contributed by atoms with E-state index < -0.39 is 18.4 Å². The summed E-state index contributed by atoms with van der Waals surface area (Å²) >= 11 is 0. The highest BCUT2D eigenvalue weighted by molar-refractivity contribution is 5.83. The number of rotatable bonds is 14. The van der Waals surface area contributed by atoms with Gasteiger partial charge >= 0.3 is 0 Å². The van der Waals surface area contributed by atoms with Gasteiger partial charge in [0.15, 0.2) is 6.29 Å². The molecule has 0 aromatic heterocycles. The molecule has 0 aliphatic carbocycles. The van der Waals surface area contributed by atoms with Crippen LogP contribution in [-0.2, 0) is 31.8 Å². The molecule has 41 heavy (non-hydrogen) atoms. The van der Waals surface area contributed by atoms with E-state index in [1.165, 1.54) is 32.7 Å². The van der Waals surface area contributed by atoms with Gasteiger partial charge in [0.05, 0.1) is 12.6 Å². The molecule has 0 saturated carbocycles. The Morgan fingerprint density at radius 2 is 1.24 bits per heavy atom. The summed E-state index contributed by atoms with van der Waals surface area (Å²) in [4.78, 5) is 0. The van der Waals surface area contributed by atoms with Crippen LogP contribution in [0.15, 0.2) is 97.6 Å². The lowest BCUT2D eigenvalue weighted by molar-refractivity contribution is -0.270. The Bertz CT molecular complexity index is 1410. The van der Waals surface area contributed by atoms with E-state index in [1.54, 1.807) is 6.08 Å². The maximum atomic E-state index is 6.64. The summed E-state index contributed by atoms with van der Waals surface area (Å²) in [6.07, 6.45) is 3.45. The summed E-state index contributed by atoms with van der Waals surface area (Å²) in [5.74, 6) is 0. The third-order valence-electron chi connectivity index (χ3n) is 7.77. The van der Waals surface area contributed by atoms with Crippen molar-refractivity contribution in [3.63, 3.8) is 0 Å². The number of fused-ring (bicyclic) bond motifs is 2. The van der Waals surface area contributed by atoms with E-state index in [-0.39, 0.29) is 18.8 Å². The molecule has 0 radical (unpaired) electrons. The molecule has 1 fully saturated rings. The number of hydrogen-bond donors (Lipinski definition) is 2. The zero-order chi connectivity index (χ0) is 28.4. The lowest BCUT2D eigenvalue weighted by Crippen LogP contribution is -2.64. The van der Waals surface area contributed by atoms with Crippen molar-refractivity contribution in [2.45, 2.75) is 56.3 Å². The maximum Gasteiger partial charge on any atom is 0.176 e. The van der Waals surface area contributed by atoms with Gasteiger partial charge < -0.3 is 30.4 Å². The second-order valence-corrected chi connectivity index (χ2v) is 10.7. The minimum atomic E-state index is -0.635. The molecule has 1 aliphatic heterocycles. The van der Waals surface area contributed by atoms with E-state index in [1.807, 2.05) is 0 Å². The second-order valence-electron chi connectivity index (χ2n) is 10.7. The van der Waals surface area contributed by atoms with Gasteiger partial charge in [0.25, 0.3) is 0 Å². The van der Waals surface area contributed by atoms with Crippen molar-refractivity contribution in [1.29, 1.82) is 0 Å². The molecular formula is C35H42N2O4. The molecule has 4 aromatic rings. The Morgan fingerprint density at radius 3 is 1.78 bits per heavy atom. The van der Waals surface area contributed by atoms with Gasteiger partial charge in [0, 0.05) is 19.8 Å². The molecule has 0 unspecified atom stereocenters. The largest absolute Gasteiger partial charge is 0.374 e. The molecule has 216 valence electrons. The summed E-state index contributed by atoms with van der Waals surface area (Å²) < 4.78 is 24.8. The quantitative estimate of drug-likeness (QED) is 0.157. The van der Waals surface area contributed by atoms with E-state index >= 15 is 0 Å². The minimum absolute atomic E-state index is 0.285. The Morgan fingerprint density at radius 1 is 0.707 bits per heavy atom. The molecule has 0 amide bonds. The summed E-state index contributed by atoms with van der Waals surface area (Å²) in [6, 6.07) is 29.6. The van der Waals surface area contributed by atoms with Crippen LogP contribution in [0.1, 0.15) is 24.0 Å². The lowest BCUT2D eigenvalue weighted by atomic mass is 9.96. The standard InChI is InChI=1S/C35H42N2O4/c1-2-19-40-35-32(37)34(39-21-8-10-26-16-18-28-12-4-6-14-30(28)23-26)33(31(24-36)41-35)38-20-7-9-25-15-17-27-11-3-5-13-29(27)22-25/h2-6,11-18,22-23,31-35H,1,7-10,19-21,24,36-37H2/t31-,32-,33-,34-,35+/m1/s1. The topological polar surface area (TPSA) is 89.0 Å². The average Bonchev–Trinajstić information content (AvgIpc) is 3.01. The Hall–Kier alpha value is -3.10. The second kappa shape index (κ2) is 14.7. The van der Waals surface area contributed by atoms with E-state index in [9.17, 15) is 0 Å². The van der Waals surface area contributed by atoms with Crippen LogP contribution in [0.5, 0.6) is 0 Å². The van der Waals surface area contributed by atoms with E-state index in [0.29, 0.717) is 19.8 Å². The van der Waals surface area contributed by atoms with Crippen molar-refractivity contribution < 1.29 is 18.9 Å². The molecule has 1 heterocycles. The smallest absolute Gasteiger partial charge is 0.176 e. The molecule has 5 rings (SSSR count). The van der Waals surface area contributed by atoms with Crippen molar-refractivity contribution in [2.75, 3.05) is 26.4 Å². The molecule has 4 N–H and O–H groups in total. The molecule has 0 bridgehead atoms. The van der Waals surface area contributed by atoms with Gasteiger partial charge in [0.2, 0.25) is 0 Å². The molecule has 6 heteroatoms. The van der Waals surface area contributed by atoms with E-state index in [4.69, 9.17) is 30.4 Å². The predicted octanol–water partition coefficient (Wildman–Crippen LogP) is 5.54. The van der Waals surface area contributed by atoms with Gasteiger partial charge in [-0.3, -0.25) is 0 Å². The fourth-order valence-electron chi connectivity index (χ4n) is 5.62. The number of benzene rings is 4. The monoisotopic (exact) mass is 554 g/mol. The first kappa shape index (κ1) is 29.4. The van der Waals surface area contributed by atoms with Crippen molar-refractivity contribution in [1.82, 2.24) is 0 Å². The van der Waals surface area contributed by atoms with Crippen molar-refractivity contribution in [3.8, 4) is 0 Å². The van der Waals surface area contributed by atoms with Crippen LogP contribution < -0.4 is 11.5 Å². The Labute approximate surface area is 243 Å². The average molecular weight is 555 g/mol. The molecule has 6 nitrogen and oxygen atoms in total. The summed E-state index contributed by atoms with van der Waals surface area (Å²) in [6.45, 7) is 5.46. The summed E-state index contributed by atoms with van der Waals surface area (Å²) in [5, 5.41) is 5.01. The molecule has 4 aromatic carbocycles. The van der Waals surface area contributed by atoms with Crippen LogP contribution in [0.25, 0.3) is 21.5 Å². The summed E-state index contributed by atoms with van der Waals surface area (Å²) in [5.41, 5.74) is 15.4. The van der Waals surface area contributed by atoms with Gasteiger partial charge in [0.1, 0.15) is 18.3 Å². The van der Waals surface area contributed by atoms with Crippen LogP contribution in [0.2, 0.25) is 0 Å². The summed E-state index contributed by atoms with van der Waals surface area (Å²) in [7, 11) is 0. The third kappa shape index (κ3) is 7.60. The number of aryl methyl sites for hydroxylation is 2. The zero-order valence-electron chi connectivity index (χ0n) is 23.7. The molecular weight excluding hydrogens is 512 g/mol. The highest BCUT2D eigenvalue weighted by Crippen LogP contribution is 2.26. The van der Waals surface area contributed by atoms with Gasteiger partial charge in [-0.2, -0.15) is 0 Å². The lowest BCUT2D eigenvalue weighted by Gasteiger charge is -2.44. The minimum Gasteiger partial charge on any atom is -0.374 e. The first-order chi connectivity index (χ1) is 20.2. The highest BCUT2D eigenvalue weighted by atomic mass is 16.7. The van der Waals surface area contributed by atoms with Crippen molar-refractivity contribution in [3.05, 3.63) is 109 Å². The number of nitrogens with two attached hydrogens (primary N) is 2. The first-order valence-electron chi connectivity index (χ1n) is 14.7. The normalized spacial score (nSPS) is 22.7. The Balaban J connectivity index is 1.18. The first-order valence-corrected chi connectivity index (χ1v) is 14.7. The van der Waals surface area contributed by atoms with Gasteiger partial charge in [-0.1, -0.05) is 91.0 Å². The molecule has 1 aliphatic rings. The van der Waals surface area contributed by atoms with Crippen LogP contribution in [0.3, 0.4) is 0 Å². The molecule has 1 saturated heterocycles. The zero-order valence-corrected chi connectivity index (χ0v) is 23.7. The highest BCUT2D eigenvalue weighted by Gasteiger charge is 2.45. The van der Waals surface area contributed by atoms with Crippen LogP contribution >= 0.6 is 0 Å². The predicted molar refractivity (Wildman–Crippen MR) is 166 cm³/mol. The van der Waals surface area contributed by atoms with Crippen LogP contribution in [-0.4, -0.2) is 57.0 Å². The van der Waals surface area contributed by atoms with Gasteiger partial charge in [-0.25, -0.2) is 0 Å². The van der Waals surface area contributed by atoms with Gasteiger partial charge in [-0.15, -0.1) is 6.58 Å². The fraction of sp³-hybridized carbons (Fsp3) is 0.371. The number of hydrogen-bond acceptors (Lipinski definition) is 6. The maximum absolute atomic E-state index is 6.64. The van der Waals surface area contributed by atoms with E-state index in [0.717, 1.165) is 25.7 Å². The SMILES string of the molecule is C=CCO[C@H]1O[C@H](CN)[C@@H](OCCCc2ccc3ccccc3c2)[C@H](OCCCc2ccc3ccccc3c2)[C@H]1N. The number of ether oxygens (including phenoxy) is 4. The van der Waals surface area contributed by atoms with Crippen LogP contribution in [0, 0.1) is 0 Å². The van der Waals surface area contributed by atoms with Crippen molar-refractivity contribution in [2.24, 2.45) is 11.5 Å².